The van der Waals surface area contributed by atoms with Gasteiger partial charge in [-0.2, -0.15) is 0 Å². The number of ether oxygens (including phenoxy) is 3. The monoisotopic (exact) mass is 1370 g/mol. The van der Waals surface area contributed by atoms with E-state index in [9.17, 15) is 43.5 Å². The molecule has 3 N–H and O–H groups in total. The maximum absolute atomic E-state index is 14.3. The predicted molar refractivity (Wildman–Crippen MR) is 361 cm³/mol. The van der Waals surface area contributed by atoms with Crippen molar-refractivity contribution in [2.24, 2.45) is 0 Å². The van der Waals surface area contributed by atoms with Gasteiger partial charge in [0.15, 0.2) is 11.6 Å². The minimum Gasteiger partial charge on any atom is -0.508 e. The maximum atomic E-state index is 14.3. The molecule has 2 aliphatic heterocycles. The summed E-state index contributed by atoms with van der Waals surface area (Å²) in [6, 6.07) is 28.4. The number of benzene rings is 4. The molecule has 2 aromatic heterocycles. The van der Waals surface area contributed by atoms with E-state index in [1.807, 2.05) is 60.7 Å². The van der Waals surface area contributed by atoms with Crippen molar-refractivity contribution >= 4 is 96.4 Å². The number of likely N-dealkylation sites (N-methyl/N-ethyl adjacent to an activating group) is 2. The molecule has 0 spiro atoms. The normalized spacial score (nSPS) is 15.5. The van der Waals surface area contributed by atoms with Gasteiger partial charge in [0.25, 0.3) is 0 Å². The number of amides is 6. The second-order valence-electron chi connectivity index (χ2n) is 24.0. The number of terminal acetylenes is 2. The summed E-state index contributed by atoms with van der Waals surface area (Å²) in [5.74, 6) is 1.32. The van der Waals surface area contributed by atoms with Crippen LogP contribution in [0.2, 0.25) is 0 Å². The number of ketones is 2. The Morgan fingerprint density at radius 1 is 0.624 bits per heavy atom. The van der Waals surface area contributed by atoms with Gasteiger partial charge in [-0.15, -0.1) is 23.0 Å². The second kappa shape index (κ2) is 34.0. The zero-order valence-electron chi connectivity index (χ0n) is 53.8. The Morgan fingerprint density at radius 2 is 1.00 bits per heavy atom. The number of nitrogens with zero attached hydrogens (tertiary/aromatic N) is 8. The van der Waals surface area contributed by atoms with Gasteiger partial charge in [0.2, 0.25) is 23.6 Å². The summed E-state index contributed by atoms with van der Waals surface area (Å²) in [7, 11) is 2.97. The third kappa shape index (κ3) is 20.7. The zero-order chi connectivity index (χ0) is 68.2. The van der Waals surface area contributed by atoms with E-state index in [1.54, 1.807) is 91.8 Å². The van der Waals surface area contributed by atoms with Crippen LogP contribution in [-0.4, -0.2) is 166 Å². The standard InChI is InChI=1S/C34H39N5O6S.C31H37N5O6S.C3H3Br/c1-7-20-44-25-17-15-23(16-18-25)26(21-28(40)22(2)38(6)33(43)45-34(3,4)5)32(42)39-19-11-14-27(39)30(41)35-31-29(36-37-46-31)24-12-9-8-10-13-24;1-19(35(5)30(41)42-31(2,3)4)25(38)18-23(20-13-15-22(37)16-14-20)29(40)36-17-9-12-24(36)27(39)32-28-26(33-34-43-28)21-10-7-6-8-11-21;1-2-3-4/h1,8-10,12-13,15-18,22,26-27H,11,14,19-21H2,2-6H3,(H,35,41);6-8,10-11,13-16,19,23-24,37H,9,12,17-18H2,1-5H3,(H,32,39);1H,3H2/t22-,26-,27-;19-,23-,24-;/m00./s1. The number of Topliss-reactive ketones (excluding diaryl/α,β-unsaturated/α-hetero) is 2. The van der Waals surface area contributed by atoms with Gasteiger partial charge in [-0.3, -0.25) is 28.8 Å². The van der Waals surface area contributed by atoms with Crippen LogP contribution in [0.5, 0.6) is 11.5 Å². The third-order valence-electron chi connectivity index (χ3n) is 15.1. The van der Waals surface area contributed by atoms with Gasteiger partial charge in [0, 0.05) is 74.2 Å². The first-order valence-corrected chi connectivity index (χ1v) is 32.7. The molecule has 492 valence electrons. The van der Waals surface area contributed by atoms with Crippen LogP contribution in [0.4, 0.5) is 19.6 Å². The van der Waals surface area contributed by atoms with Gasteiger partial charge in [0.1, 0.15) is 62.8 Å². The Balaban J connectivity index is 0.000000279. The molecular weight excluding hydrogens is 1290 g/mol. The fraction of sp³-hybridized carbons (Fsp3) is 0.412. The molecule has 0 saturated carbocycles. The average molecular weight is 1370 g/mol. The highest BCUT2D eigenvalue weighted by molar-refractivity contribution is 9.09. The van der Waals surface area contributed by atoms with Crippen molar-refractivity contribution in [3.63, 3.8) is 0 Å². The van der Waals surface area contributed by atoms with Crippen LogP contribution in [0.15, 0.2) is 109 Å². The molecule has 25 heteroatoms. The zero-order valence-corrected chi connectivity index (χ0v) is 57.0. The minimum atomic E-state index is -0.930. The van der Waals surface area contributed by atoms with Gasteiger partial charge in [-0.1, -0.05) is 122 Å². The number of hydrogen-bond acceptors (Lipinski definition) is 18. The number of aromatic nitrogens is 4. The summed E-state index contributed by atoms with van der Waals surface area (Å²) >= 11 is 5.13. The molecule has 4 heterocycles. The number of phenols is 1. The number of hydrogen-bond donors (Lipinski definition) is 3. The molecule has 6 aromatic rings. The van der Waals surface area contributed by atoms with Crippen molar-refractivity contribution < 1.29 is 57.7 Å². The molecule has 2 saturated heterocycles. The summed E-state index contributed by atoms with van der Waals surface area (Å²) < 4.78 is 24.3. The smallest absolute Gasteiger partial charge is 0.410 e. The van der Waals surface area contributed by atoms with E-state index in [2.05, 4.69) is 57.6 Å². The number of aromatic hydroxyl groups is 1. The largest absolute Gasteiger partial charge is 0.508 e. The van der Waals surface area contributed by atoms with Crippen molar-refractivity contribution in [3.05, 3.63) is 120 Å². The Labute approximate surface area is 559 Å². The number of likely N-dealkylation sites (tertiary alicyclic amines) is 2. The maximum Gasteiger partial charge on any atom is 0.410 e. The SMILES string of the molecule is C#CCBr.C#CCOc1ccc([C@H](CC(=O)[C@H](C)N(C)C(=O)OC(C)(C)C)C(=O)N2CCC[C@H]2C(=O)Nc2snnc2-c2ccccc2)cc1.C[C@@H](C(=O)C[C@H](C(=O)N1CCC[C@H]1C(=O)Nc1snnc1-c1ccccc1)c1ccc(O)cc1)N(C)C(=O)OC(C)(C)C. The highest BCUT2D eigenvalue weighted by Crippen LogP contribution is 2.35. The highest BCUT2D eigenvalue weighted by atomic mass is 79.9. The lowest BCUT2D eigenvalue weighted by atomic mass is 9.90. The van der Waals surface area contributed by atoms with E-state index in [0.29, 0.717) is 82.4 Å². The Kier molecular flexibility index (Phi) is 26.7. The summed E-state index contributed by atoms with van der Waals surface area (Å²) in [6.07, 6.45) is 10.5. The Bertz CT molecular complexity index is 3620. The van der Waals surface area contributed by atoms with Crippen LogP contribution in [-0.2, 0) is 38.2 Å². The van der Waals surface area contributed by atoms with Gasteiger partial charge in [-0.05, 0) is 116 Å². The molecule has 2 aliphatic rings. The molecule has 8 rings (SSSR count). The number of rotatable bonds is 20. The van der Waals surface area contributed by atoms with Crippen molar-refractivity contribution in [1.29, 1.82) is 0 Å². The first kappa shape index (κ1) is 73.0. The highest BCUT2D eigenvalue weighted by Gasteiger charge is 2.42. The van der Waals surface area contributed by atoms with Gasteiger partial charge in [-0.25, -0.2) is 9.59 Å². The van der Waals surface area contributed by atoms with Crippen molar-refractivity contribution in [3.8, 4) is 58.7 Å². The van der Waals surface area contributed by atoms with Gasteiger partial charge in [0.05, 0.1) is 29.2 Å². The molecule has 2 fully saturated rings. The second-order valence-corrected chi connectivity index (χ2v) is 26.0. The minimum absolute atomic E-state index is 0.0186. The summed E-state index contributed by atoms with van der Waals surface area (Å²) in [5.41, 5.74) is 2.33. The van der Waals surface area contributed by atoms with E-state index >= 15 is 0 Å². The summed E-state index contributed by atoms with van der Waals surface area (Å²) in [6.45, 7) is 14.4. The van der Waals surface area contributed by atoms with Crippen LogP contribution in [0.3, 0.4) is 0 Å². The number of anilines is 2. The topological polar surface area (TPSA) is 273 Å². The lowest BCUT2D eigenvalue weighted by molar-refractivity contribution is -0.139. The Hall–Kier alpha value is -9.04. The third-order valence-corrected chi connectivity index (χ3v) is 16.7. The molecule has 6 atom stereocenters. The fourth-order valence-electron chi connectivity index (χ4n) is 10.00. The number of alkyl halides is 1. The van der Waals surface area contributed by atoms with E-state index in [0.717, 1.165) is 34.2 Å². The van der Waals surface area contributed by atoms with Crippen molar-refractivity contribution in [2.75, 3.05) is 49.8 Å². The van der Waals surface area contributed by atoms with Crippen LogP contribution in [0.1, 0.15) is 117 Å². The van der Waals surface area contributed by atoms with Gasteiger partial charge >= 0.3 is 12.2 Å². The number of phenolic OH excluding ortho intramolecular Hbond substituents is 1. The van der Waals surface area contributed by atoms with Crippen LogP contribution < -0.4 is 15.4 Å². The van der Waals surface area contributed by atoms with Crippen LogP contribution in [0.25, 0.3) is 22.5 Å². The van der Waals surface area contributed by atoms with E-state index in [4.69, 9.17) is 27.1 Å². The Morgan fingerprint density at radius 3 is 1.35 bits per heavy atom. The van der Waals surface area contributed by atoms with E-state index in [-0.39, 0.29) is 60.4 Å². The molecule has 0 bridgehead atoms. The van der Waals surface area contributed by atoms with Gasteiger partial charge < -0.3 is 49.6 Å². The molecule has 6 amide bonds. The number of halogens is 1. The van der Waals surface area contributed by atoms with E-state index in [1.165, 1.54) is 45.8 Å². The lowest BCUT2D eigenvalue weighted by Crippen LogP contribution is -2.47. The van der Waals surface area contributed by atoms with Crippen molar-refractivity contribution in [2.45, 2.75) is 141 Å². The molecule has 93 heavy (non-hydrogen) atoms. The van der Waals surface area contributed by atoms with E-state index < -0.39 is 59.4 Å². The summed E-state index contributed by atoms with van der Waals surface area (Å²) in [4.78, 5) is 113. The molecule has 0 unspecified atom stereocenters. The average Bonchev–Trinajstić information content (AvgIpc) is 1.79. The number of carbonyl (C=O) groups is 8. The molecule has 0 aliphatic carbocycles. The quantitative estimate of drug-likeness (QED) is 0.0473. The predicted octanol–water partition coefficient (Wildman–Crippen LogP) is 11.0. The van der Waals surface area contributed by atoms with Crippen molar-refractivity contribution in [1.82, 2.24) is 38.8 Å². The first-order chi connectivity index (χ1) is 44.2. The molecule has 4 aromatic carbocycles. The summed E-state index contributed by atoms with van der Waals surface area (Å²) in [5, 5.41) is 25.7. The number of nitrogens with one attached hydrogen (secondary N) is 2. The first-order valence-electron chi connectivity index (χ1n) is 30.1. The van der Waals surface area contributed by atoms with Crippen LogP contribution >= 0.6 is 39.0 Å². The van der Waals surface area contributed by atoms with Crippen LogP contribution in [0, 0.1) is 24.7 Å². The number of carbonyl (C=O) groups excluding carboxylic acids is 8. The fourth-order valence-corrected chi connectivity index (χ4v) is 11.2. The molecule has 22 nitrogen and oxygen atoms in total. The lowest BCUT2D eigenvalue weighted by Gasteiger charge is -2.31. The molecule has 0 radical (unpaired) electrons. The molecular formula is C68H79BrN10O12S2.